The predicted molar refractivity (Wildman–Crippen MR) is 152 cm³/mol. The van der Waals surface area contributed by atoms with Gasteiger partial charge in [-0.2, -0.15) is 0 Å². The van der Waals surface area contributed by atoms with E-state index in [-0.39, 0.29) is 12.5 Å². The average molecular weight is 562 g/mol. The van der Waals surface area contributed by atoms with Gasteiger partial charge in [0.2, 0.25) is 5.91 Å². The van der Waals surface area contributed by atoms with Crippen LogP contribution in [0.25, 0.3) is 0 Å². The van der Waals surface area contributed by atoms with E-state index in [2.05, 4.69) is 19.2 Å². The van der Waals surface area contributed by atoms with Crippen LogP contribution in [0, 0.1) is 0 Å². The summed E-state index contributed by atoms with van der Waals surface area (Å²) >= 11 is 0. The zero-order valence-corrected chi connectivity index (χ0v) is 24.6. The van der Waals surface area contributed by atoms with E-state index in [0.29, 0.717) is 12.8 Å². The minimum atomic E-state index is -1.54. The summed E-state index contributed by atoms with van der Waals surface area (Å²) in [5, 5.41) is 53.5. The Morgan fingerprint density at radius 3 is 1.82 bits per heavy atom. The minimum absolute atomic E-state index is 0.135. The first kappa shape index (κ1) is 36.2. The molecule has 0 aromatic rings. The van der Waals surface area contributed by atoms with Crippen molar-refractivity contribution in [3.05, 3.63) is 0 Å². The van der Waals surface area contributed by atoms with Crippen LogP contribution in [0.5, 0.6) is 0 Å². The maximum atomic E-state index is 12.7. The summed E-state index contributed by atoms with van der Waals surface area (Å²) in [7, 11) is 0. The Morgan fingerprint density at radius 1 is 0.769 bits per heavy atom. The van der Waals surface area contributed by atoms with Crippen molar-refractivity contribution >= 4 is 5.91 Å². The molecule has 1 aliphatic heterocycles. The van der Waals surface area contributed by atoms with Gasteiger partial charge in [-0.1, -0.05) is 110 Å². The highest BCUT2D eigenvalue weighted by Gasteiger charge is 2.44. The second-order valence-corrected chi connectivity index (χ2v) is 11.3. The van der Waals surface area contributed by atoms with Crippen LogP contribution >= 0.6 is 0 Å². The van der Waals surface area contributed by atoms with Gasteiger partial charge in [-0.3, -0.25) is 4.79 Å². The summed E-state index contributed by atoms with van der Waals surface area (Å²) in [6.45, 7) is 3.71. The molecule has 232 valence electrons. The first-order chi connectivity index (χ1) is 18.8. The first-order valence-electron chi connectivity index (χ1n) is 15.7. The maximum Gasteiger partial charge on any atom is 0.220 e. The fraction of sp³-hybridized carbons (Fsp3) is 0.967. The molecular weight excluding hydrogens is 502 g/mol. The van der Waals surface area contributed by atoms with E-state index in [4.69, 9.17) is 9.47 Å². The van der Waals surface area contributed by atoms with Crippen LogP contribution in [0.1, 0.15) is 129 Å². The van der Waals surface area contributed by atoms with E-state index in [0.717, 1.165) is 38.5 Å². The van der Waals surface area contributed by atoms with Crippen LogP contribution in [0.2, 0.25) is 0 Å². The standard InChI is InChI=1S/C30H59NO8/c1-3-5-7-9-11-12-14-15-17-19-24(33)23(31-26(34)20-18-16-13-10-8-6-4-2)22-38-30-29(37)28(36)27(35)25(21-32)39-30/h23-25,27-30,32-33,35-37H,3-22H2,1-2H3,(H,31,34)/t23-,24+,25+,27-,28?,29?,30+/m0/s1. The number of amides is 1. The van der Waals surface area contributed by atoms with Gasteiger partial charge in [-0.05, 0) is 12.8 Å². The van der Waals surface area contributed by atoms with Gasteiger partial charge < -0.3 is 40.3 Å². The Kier molecular flexibility index (Phi) is 21.2. The second-order valence-electron chi connectivity index (χ2n) is 11.3. The van der Waals surface area contributed by atoms with Crippen LogP contribution in [-0.4, -0.2) is 87.5 Å². The maximum absolute atomic E-state index is 12.7. The normalized spacial score (nSPS) is 24.9. The molecule has 0 aliphatic carbocycles. The number of aliphatic hydroxyl groups excluding tert-OH is 5. The Bertz CT molecular complexity index is 593. The fourth-order valence-corrected chi connectivity index (χ4v) is 5.04. The lowest BCUT2D eigenvalue weighted by Gasteiger charge is -2.40. The van der Waals surface area contributed by atoms with Crippen LogP contribution in [-0.2, 0) is 14.3 Å². The monoisotopic (exact) mass is 561 g/mol. The summed E-state index contributed by atoms with van der Waals surface area (Å²) in [6.07, 6.45) is 11.4. The van der Waals surface area contributed by atoms with Crippen molar-refractivity contribution in [1.82, 2.24) is 5.32 Å². The van der Waals surface area contributed by atoms with Gasteiger partial charge in [0.05, 0.1) is 25.4 Å². The summed E-state index contributed by atoms with van der Waals surface area (Å²) < 4.78 is 11.1. The van der Waals surface area contributed by atoms with Crippen LogP contribution in [0.15, 0.2) is 0 Å². The molecule has 9 heteroatoms. The van der Waals surface area contributed by atoms with Gasteiger partial charge in [0, 0.05) is 6.42 Å². The van der Waals surface area contributed by atoms with Gasteiger partial charge in [-0.15, -0.1) is 0 Å². The Hall–Kier alpha value is -0.810. The van der Waals surface area contributed by atoms with E-state index >= 15 is 0 Å². The number of hydrogen-bond acceptors (Lipinski definition) is 8. The lowest BCUT2D eigenvalue weighted by molar-refractivity contribution is -0.302. The number of unbranched alkanes of at least 4 members (excludes halogenated alkanes) is 14. The molecular formula is C30H59NO8. The van der Waals surface area contributed by atoms with Gasteiger partial charge in [0.25, 0.3) is 0 Å². The molecule has 1 heterocycles. The van der Waals surface area contributed by atoms with Crippen molar-refractivity contribution in [1.29, 1.82) is 0 Å². The Balaban J connectivity index is 2.53. The molecule has 0 radical (unpaired) electrons. The molecule has 1 rings (SSSR count). The second kappa shape index (κ2) is 22.8. The molecule has 1 amide bonds. The highest BCUT2D eigenvalue weighted by molar-refractivity contribution is 5.76. The lowest BCUT2D eigenvalue weighted by atomic mass is 9.99. The van der Waals surface area contributed by atoms with E-state index in [1.165, 1.54) is 64.2 Å². The molecule has 1 aliphatic rings. The minimum Gasteiger partial charge on any atom is -0.394 e. The highest BCUT2D eigenvalue weighted by Crippen LogP contribution is 2.22. The Morgan fingerprint density at radius 2 is 1.28 bits per heavy atom. The summed E-state index contributed by atoms with van der Waals surface area (Å²) in [4.78, 5) is 12.7. The average Bonchev–Trinajstić information content (AvgIpc) is 2.93. The largest absolute Gasteiger partial charge is 0.394 e. The van der Waals surface area contributed by atoms with Crippen LogP contribution in [0.4, 0.5) is 0 Å². The third-order valence-corrected chi connectivity index (χ3v) is 7.71. The zero-order chi connectivity index (χ0) is 28.9. The van der Waals surface area contributed by atoms with Crippen molar-refractivity contribution in [3.8, 4) is 0 Å². The number of carbonyl (C=O) groups excluding carboxylic acids is 1. The van der Waals surface area contributed by atoms with E-state index < -0.39 is 49.5 Å². The molecule has 0 spiro atoms. The molecule has 0 aromatic heterocycles. The number of ether oxygens (including phenoxy) is 2. The number of carbonyl (C=O) groups is 1. The third kappa shape index (κ3) is 15.7. The van der Waals surface area contributed by atoms with Gasteiger partial charge >= 0.3 is 0 Å². The number of hydrogen-bond donors (Lipinski definition) is 6. The van der Waals surface area contributed by atoms with Crippen LogP contribution < -0.4 is 5.32 Å². The van der Waals surface area contributed by atoms with Crippen LogP contribution in [0.3, 0.4) is 0 Å². The molecule has 7 atom stereocenters. The summed E-state index contributed by atoms with van der Waals surface area (Å²) in [6, 6.07) is -0.705. The van der Waals surface area contributed by atoms with Gasteiger partial charge in [-0.25, -0.2) is 0 Å². The van der Waals surface area contributed by atoms with Crippen molar-refractivity contribution in [2.24, 2.45) is 0 Å². The smallest absolute Gasteiger partial charge is 0.220 e. The lowest BCUT2D eigenvalue weighted by Crippen LogP contribution is -2.60. The molecule has 9 nitrogen and oxygen atoms in total. The molecule has 6 N–H and O–H groups in total. The van der Waals surface area contributed by atoms with E-state index in [1.807, 2.05) is 0 Å². The highest BCUT2D eigenvalue weighted by atomic mass is 16.7. The van der Waals surface area contributed by atoms with Gasteiger partial charge in [0.1, 0.15) is 24.4 Å². The van der Waals surface area contributed by atoms with E-state index in [9.17, 15) is 30.3 Å². The summed E-state index contributed by atoms with van der Waals surface area (Å²) in [5.74, 6) is -0.155. The molecule has 0 saturated carbocycles. The first-order valence-corrected chi connectivity index (χ1v) is 15.7. The van der Waals surface area contributed by atoms with Crippen molar-refractivity contribution < 1.29 is 39.8 Å². The van der Waals surface area contributed by atoms with Crippen molar-refractivity contribution in [3.63, 3.8) is 0 Å². The van der Waals surface area contributed by atoms with Crippen molar-refractivity contribution in [2.45, 2.75) is 172 Å². The molecule has 0 bridgehead atoms. The third-order valence-electron chi connectivity index (χ3n) is 7.71. The van der Waals surface area contributed by atoms with E-state index in [1.54, 1.807) is 0 Å². The molecule has 39 heavy (non-hydrogen) atoms. The topological polar surface area (TPSA) is 149 Å². The van der Waals surface area contributed by atoms with Gasteiger partial charge in [0.15, 0.2) is 6.29 Å². The predicted octanol–water partition coefficient (Wildman–Crippen LogP) is 3.71. The SMILES string of the molecule is CCCCCCCCCCC[C@@H](O)[C@H](CO[C@@H]1O[C@H](CO)[C@H](O)C(O)C1O)NC(=O)CCCCCCCCC. The Labute approximate surface area is 236 Å². The number of nitrogens with one attached hydrogen (secondary N) is 1. The molecule has 2 unspecified atom stereocenters. The number of aliphatic hydroxyl groups is 5. The summed E-state index contributed by atoms with van der Waals surface area (Å²) in [5.41, 5.74) is 0. The molecule has 1 fully saturated rings. The fourth-order valence-electron chi connectivity index (χ4n) is 5.04. The van der Waals surface area contributed by atoms with Crippen molar-refractivity contribution in [2.75, 3.05) is 13.2 Å². The number of rotatable bonds is 24. The zero-order valence-electron chi connectivity index (χ0n) is 24.6. The molecule has 0 aromatic carbocycles. The molecule has 1 saturated heterocycles. The quantitative estimate of drug-likeness (QED) is 0.0977.